The van der Waals surface area contributed by atoms with E-state index in [4.69, 9.17) is 4.42 Å². The zero-order valence-electron chi connectivity index (χ0n) is 25.9. The molecule has 0 amide bonds. The summed E-state index contributed by atoms with van der Waals surface area (Å²) in [5, 5.41) is 12.5. The van der Waals surface area contributed by atoms with Crippen LogP contribution in [0.3, 0.4) is 0 Å². The number of nitrogens with zero attached hydrogens (tertiary/aromatic N) is 1. The molecular formula is C46H27NO. The number of hydrogen-bond acceptors (Lipinski definition) is 1. The zero-order chi connectivity index (χ0) is 31.3. The molecular weight excluding hydrogens is 583 g/mol. The van der Waals surface area contributed by atoms with Gasteiger partial charge in [-0.2, -0.15) is 0 Å². The standard InChI is InChI=1S/C46H27NO/c1-2-9-28(10-3-1)33-21-17-29-20-24-38-34(22-18-30-19-23-37(33)45(29)46(30)38)31-11-8-12-32(25-31)47-41-15-6-4-13-35(41)39-27-44-40(26-42(39)47)36-14-5-7-16-43(36)48-44/h1-27H. The van der Waals surface area contributed by atoms with Crippen molar-refractivity contribution < 1.29 is 4.42 Å². The lowest BCUT2D eigenvalue weighted by molar-refractivity contribution is 0.669. The Morgan fingerprint density at radius 2 is 1.00 bits per heavy atom. The first kappa shape index (κ1) is 25.8. The molecule has 0 aliphatic heterocycles. The maximum Gasteiger partial charge on any atom is 0.136 e. The molecule has 0 bridgehead atoms. The Bertz CT molecular complexity index is 3050. The van der Waals surface area contributed by atoms with E-state index < -0.39 is 0 Å². The van der Waals surface area contributed by atoms with Crippen LogP contribution >= 0.6 is 0 Å². The third-order valence-corrected chi connectivity index (χ3v) is 10.3. The molecule has 2 aromatic heterocycles. The zero-order valence-corrected chi connectivity index (χ0v) is 25.9. The lowest BCUT2D eigenvalue weighted by Crippen LogP contribution is -1.95. The molecule has 48 heavy (non-hydrogen) atoms. The van der Waals surface area contributed by atoms with Crippen molar-refractivity contribution in [2.75, 3.05) is 0 Å². The van der Waals surface area contributed by atoms with Gasteiger partial charge in [0.15, 0.2) is 0 Å². The molecule has 0 saturated heterocycles. The summed E-state index contributed by atoms with van der Waals surface area (Å²) in [6.07, 6.45) is 0. The molecule has 2 heterocycles. The van der Waals surface area contributed by atoms with Crippen LogP contribution in [0.2, 0.25) is 0 Å². The molecule has 11 aromatic rings. The van der Waals surface area contributed by atoms with Crippen LogP contribution in [0.15, 0.2) is 168 Å². The van der Waals surface area contributed by atoms with E-state index in [0.29, 0.717) is 0 Å². The molecule has 11 rings (SSSR count). The van der Waals surface area contributed by atoms with Gasteiger partial charge < -0.3 is 8.98 Å². The molecule has 0 radical (unpaired) electrons. The molecule has 222 valence electrons. The number of rotatable bonds is 3. The minimum absolute atomic E-state index is 0.919. The Morgan fingerprint density at radius 1 is 0.354 bits per heavy atom. The van der Waals surface area contributed by atoms with E-state index >= 15 is 0 Å². The predicted octanol–water partition coefficient (Wildman–Crippen LogP) is 12.9. The molecule has 2 heteroatoms. The number of hydrogen-bond donors (Lipinski definition) is 0. The van der Waals surface area contributed by atoms with Gasteiger partial charge in [0, 0.05) is 27.2 Å². The van der Waals surface area contributed by atoms with Gasteiger partial charge in [-0.3, -0.25) is 0 Å². The molecule has 0 aliphatic rings. The van der Waals surface area contributed by atoms with Crippen molar-refractivity contribution in [2.24, 2.45) is 0 Å². The first-order chi connectivity index (χ1) is 23.8. The van der Waals surface area contributed by atoms with Crippen molar-refractivity contribution in [1.29, 1.82) is 0 Å². The first-order valence-electron chi connectivity index (χ1n) is 16.5. The van der Waals surface area contributed by atoms with Gasteiger partial charge in [-0.05, 0) is 91.0 Å². The van der Waals surface area contributed by atoms with Crippen LogP contribution in [0, 0.1) is 0 Å². The number of para-hydroxylation sites is 2. The van der Waals surface area contributed by atoms with Crippen LogP contribution in [0.4, 0.5) is 0 Å². The van der Waals surface area contributed by atoms with E-state index in [9.17, 15) is 0 Å². The molecule has 0 atom stereocenters. The molecule has 9 aromatic carbocycles. The highest BCUT2D eigenvalue weighted by Gasteiger charge is 2.18. The van der Waals surface area contributed by atoms with Crippen molar-refractivity contribution in [3.05, 3.63) is 164 Å². The monoisotopic (exact) mass is 609 g/mol. The maximum atomic E-state index is 6.31. The van der Waals surface area contributed by atoms with E-state index in [-0.39, 0.29) is 0 Å². The number of fused-ring (bicyclic) bond motifs is 6. The average molecular weight is 610 g/mol. The summed E-state index contributed by atoms with van der Waals surface area (Å²) < 4.78 is 8.73. The Hall–Kier alpha value is -6.38. The van der Waals surface area contributed by atoms with Gasteiger partial charge in [-0.1, -0.05) is 127 Å². The van der Waals surface area contributed by atoms with Gasteiger partial charge in [0.25, 0.3) is 0 Å². The number of aromatic nitrogens is 1. The lowest BCUT2D eigenvalue weighted by atomic mass is 9.87. The summed E-state index contributed by atoms with van der Waals surface area (Å²) >= 11 is 0. The van der Waals surface area contributed by atoms with Gasteiger partial charge in [-0.25, -0.2) is 0 Å². The number of benzene rings is 9. The van der Waals surface area contributed by atoms with Crippen LogP contribution in [0.1, 0.15) is 0 Å². The summed E-state index contributed by atoms with van der Waals surface area (Å²) in [7, 11) is 0. The van der Waals surface area contributed by atoms with Crippen molar-refractivity contribution in [3.8, 4) is 27.9 Å². The molecule has 0 unspecified atom stereocenters. The van der Waals surface area contributed by atoms with Gasteiger partial charge in [0.2, 0.25) is 0 Å². The molecule has 0 N–H and O–H groups in total. The highest BCUT2D eigenvalue weighted by molar-refractivity contribution is 6.27. The molecule has 2 nitrogen and oxygen atoms in total. The van der Waals surface area contributed by atoms with Crippen LogP contribution in [-0.4, -0.2) is 4.57 Å². The van der Waals surface area contributed by atoms with Gasteiger partial charge >= 0.3 is 0 Å². The second kappa shape index (κ2) is 9.57. The summed E-state index contributed by atoms with van der Waals surface area (Å²) in [6, 6.07) is 59.6. The maximum absolute atomic E-state index is 6.31. The van der Waals surface area contributed by atoms with Crippen molar-refractivity contribution >= 4 is 76.1 Å². The normalized spacial score (nSPS) is 12.2. The third kappa shape index (κ3) is 3.52. The predicted molar refractivity (Wildman–Crippen MR) is 203 cm³/mol. The van der Waals surface area contributed by atoms with Gasteiger partial charge in [0.05, 0.1) is 11.0 Å². The van der Waals surface area contributed by atoms with Gasteiger partial charge in [-0.15, -0.1) is 0 Å². The molecule has 0 fully saturated rings. The minimum Gasteiger partial charge on any atom is -0.456 e. The Morgan fingerprint density at radius 3 is 1.79 bits per heavy atom. The molecule has 0 spiro atoms. The van der Waals surface area contributed by atoms with Crippen molar-refractivity contribution in [3.63, 3.8) is 0 Å². The fourth-order valence-corrected chi connectivity index (χ4v) is 8.20. The van der Waals surface area contributed by atoms with E-state index in [1.54, 1.807) is 0 Å². The van der Waals surface area contributed by atoms with E-state index in [2.05, 4.69) is 162 Å². The highest BCUT2D eigenvalue weighted by Crippen LogP contribution is 2.43. The minimum atomic E-state index is 0.919. The van der Waals surface area contributed by atoms with Crippen LogP contribution in [0.5, 0.6) is 0 Å². The van der Waals surface area contributed by atoms with Crippen LogP contribution in [-0.2, 0) is 0 Å². The Kier molecular flexibility index (Phi) is 5.14. The van der Waals surface area contributed by atoms with Crippen LogP contribution in [0.25, 0.3) is 104 Å². The smallest absolute Gasteiger partial charge is 0.136 e. The first-order valence-corrected chi connectivity index (χ1v) is 16.5. The Labute approximate surface area is 276 Å². The van der Waals surface area contributed by atoms with E-state index in [0.717, 1.165) is 27.6 Å². The largest absolute Gasteiger partial charge is 0.456 e. The van der Waals surface area contributed by atoms with Crippen LogP contribution < -0.4 is 0 Å². The fourth-order valence-electron chi connectivity index (χ4n) is 8.20. The molecule has 0 saturated carbocycles. The summed E-state index contributed by atoms with van der Waals surface area (Å²) in [5.74, 6) is 0. The van der Waals surface area contributed by atoms with E-state index in [1.165, 1.54) is 76.4 Å². The fraction of sp³-hybridized carbons (Fsp3) is 0. The lowest BCUT2D eigenvalue weighted by Gasteiger charge is -2.17. The SMILES string of the molecule is c1ccc(-c2ccc3ccc4c(-c5cccc(-n6c7ccccc7c7cc8oc9ccccc9c8cc76)c5)ccc5ccc2c3c54)cc1. The van der Waals surface area contributed by atoms with Gasteiger partial charge in [0.1, 0.15) is 11.2 Å². The second-order valence-corrected chi connectivity index (χ2v) is 12.9. The Balaban J connectivity index is 1.16. The summed E-state index contributed by atoms with van der Waals surface area (Å²) in [4.78, 5) is 0. The third-order valence-electron chi connectivity index (χ3n) is 10.3. The topological polar surface area (TPSA) is 18.1 Å². The quantitative estimate of drug-likeness (QED) is 0.182. The van der Waals surface area contributed by atoms with Crippen molar-refractivity contribution in [2.45, 2.75) is 0 Å². The average Bonchev–Trinajstić information content (AvgIpc) is 3.68. The summed E-state index contributed by atoms with van der Waals surface area (Å²) in [6.45, 7) is 0. The number of furan rings is 1. The van der Waals surface area contributed by atoms with E-state index in [1.807, 2.05) is 6.07 Å². The second-order valence-electron chi connectivity index (χ2n) is 12.9. The highest BCUT2D eigenvalue weighted by atomic mass is 16.3. The van der Waals surface area contributed by atoms with Crippen molar-refractivity contribution in [1.82, 2.24) is 4.57 Å². The summed E-state index contributed by atoms with van der Waals surface area (Å²) in [5.41, 5.74) is 10.3. The molecule has 0 aliphatic carbocycles.